The fraction of sp³-hybridized carbons (Fsp3) is 1.00. The summed E-state index contributed by atoms with van der Waals surface area (Å²) in [6.45, 7) is 5.29. The van der Waals surface area contributed by atoms with E-state index in [1.165, 1.54) is 8.61 Å². The van der Waals surface area contributed by atoms with E-state index in [0.717, 1.165) is 19.3 Å². The van der Waals surface area contributed by atoms with Crippen LogP contribution in [0.15, 0.2) is 0 Å². The number of nitrogens with zero attached hydrogens (tertiary/aromatic N) is 2. The van der Waals surface area contributed by atoms with Crippen LogP contribution in [0.4, 0.5) is 0 Å². The monoisotopic (exact) mass is 264 g/mol. The molecule has 1 fully saturated rings. The van der Waals surface area contributed by atoms with Crippen LogP contribution >= 0.6 is 0 Å². The van der Waals surface area contributed by atoms with Crippen LogP contribution in [0, 0.1) is 5.92 Å². The largest absolute Gasteiger partial charge is 0.393 e. The van der Waals surface area contributed by atoms with Crippen LogP contribution in [-0.2, 0) is 10.2 Å². The van der Waals surface area contributed by atoms with Crippen LogP contribution in [0.1, 0.15) is 33.1 Å². The Bertz CT molecular complexity index is 330. The molecule has 0 spiro atoms. The molecule has 1 saturated heterocycles. The van der Waals surface area contributed by atoms with Gasteiger partial charge in [-0.3, -0.25) is 0 Å². The second-order valence-corrected chi connectivity index (χ2v) is 6.87. The van der Waals surface area contributed by atoms with Crippen molar-refractivity contribution in [3.63, 3.8) is 0 Å². The third kappa shape index (κ3) is 3.64. The summed E-state index contributed by atoms with van der Waals surface area (Å²) < 4.78 is 27.3. The van der Waals surface area contributed by atoms with E-state index in [0.29, 0.717) is 19.6 Å². The van der Waals surface area contributed by atoms with Crippen LogP contribution in [0.25, 0.3) is 0 Å². The van der Waals surface area contributed by atoms with Crippen molar-refractivity contribution in [3.8, 4) is 0 Å². The maximum absolute atomic E-state index is 12.2. The highest BCUT2D eigenvalue weighted by Crippen LogP contribution is 2.23. The lowest BCUT2D eigenvalue weighted by molar-refractivity contribution is 0.132. The van der Waals surface area contributed by atoms with Crippen LogP contribution < -0.4 is 0 Å². The highest BCUT2D eigenvalue weighted by atomic mass is 32.2. The summed E-state index contributed by atoms with van der Waals surface area (Å²) in [5.41, 5.74) is 0. The lowest BCUT2D eigenvalue weighted by Crippen LogP contribution is -2.41. The molecule has 1 rings (SSSR count). The Hall–Kier alpha value is -0.170. The second kappa shape index (κ2) is 6.13. The van der Waals surface area contributed by atoms with E-state index < -0.39 is 16.3 Å². The number of hydrogen-bond acceptors (Lipinski definition) is 3. The molecule has 1 heterocycles. The van der Waals surface area contributed by atoms with Crippen molar-refractivity contribution in [2.75, 3.05) is 26.7 Å². The minimum absolute atomic E-state index is 0.0735. The molecule has 102 valence electrons. The van der Waals surface area contributed by atoms with Crippen molar-refractivity contribution in [1.29, 1.82) is 0 Å². The van der Waals surface area contributed by atoms with Crippen molar-refractivity contribution in [2.45, 2.75) is 39.2 Å². The SMILES string of the molecule is CCCCN(C)S(=O)(=O)N1CCC(C(C)O)C1. The molecule has 0 bridgehead atoms. The second-order valence-electron chi connectivity index (χ2n) is 4.83. The van der Waals surface area contributed by atoms with E-state index >= 15 is 0 Å². The van der Waals surface area contributed by atoms with Gasteiger partial charge in [0.2, 0.25) is 0 Å². The van der Waals surface area contributed by atoms with Crippen LogP contribution in [0.3, 0.4) is 0 Å². The Morgan fingerprint density at radius 2 is 2.18 bits per heavy atom. The normalized spacial score (nSPS) is 24.4. The first kappa shape index (κ1) is 14.9. The van der Waals surface area contributed by atoms with Crippen molar-refractivity contribution in [1.82, 2.24) is 8.61 Å². The van der Waals surface area contributed by atoms with Crippen LogP contribution in [0.2, 0.25) is 0 Å². The van der Waals surface area contributed by atoms with E-state index in [1.807, 2.05) is 6.92 Å². The van der Waals surface area contributed by atoms with E-state index in [1.54, 1.807) is 14.0 Å². The molecule has 2 unspecified atom stereocenters. The van der Waals surface area contributed by atoms with E-state index in [4.69, 9.17) is 0 Å². The molecule has 1 aliphatic heterocycles. The maximum Gasteiger partial charge on any atom is 0.281 e. The summed E-state index contributed by atoms with van der Waals surface area (Å²) in [5, 5.41) is 9.48. The average Bonchev–Trinajstić information content (AvgIpc) is 2.75. The molecule has 0 aromatic heterocycles. The van der Waals surface area contributed by atoms with Gasteiger partial charge in [-0.1, -0.05) is 13.3 Å². The summed E-state index contributed by atoms with van der Waals surface area (Å²) in [6.07, 6.45) is 2.18. The minimum atomic E-state index is -3.32. The predicted molar refractivity (Wildman–Crippen MR) is 67.8 cm³/mol. The maximum atomic E-state index is 12.2. The third-order valence-corrected chi connectivity index (χ3v) is 5.37. The van der Waals surface area contributed by atoms with Crippen LogP contribution in [0.5, 0.6) is 0 Å². The molecular weight excluding hydrogens is 240 g/mol. The fourth-order valence-corrected chi connectivity index (χ4v) is 3.52. The summed E-state index contributed by atoms with van der Waals surface area (Å²) >= 11 is 0. The zero-order valence-electron chi connectivity index (χ0n) is 11.0. The Balaban J connectivity index is 2.60. The van der Waals surface area contributed by atoms with E-state index in [2.05, 4.69) is 0 Å². The Kier molecular flexibility index (Phi) is 5.37. The van der Waals surface area contributed by atoms with Gasteiger partial charge in [0.1, 0.15) is 0 Å². The van der Waals surface area contributed by atoms with Crippen molar-refractivity contribution < 1.29 is 13.5 Å². The van der Waals surface area contributed by atoms with Gasteiger partial charge in [0.15, 0.2) is 0 Å². The number of hydrogen-bond donors (Lipinski definition) is 1. The summed E-state index contributed by atoms with van der Waals surface area (Å²) in [7, 11) is -1.70. The lowest BCUT2D eigenvalue weighted by atomic mass is 10.0. The van der Waals surface area contributed by atoms with Gasteiger partial charge >= 0.3 is 0 Å². The molecule has 5 nitrogen and oxygen atoms in total. The molecule has 0 amide bonds. The number of aliphatic hydroxyl groups is 1. The Morgan fingerprint density at radius 1 is 1.53 bits per heavy atom. The molecule has 0 aromatic rings. The molecule has 0 saturated carbocycles. The highest BCUT2D eigenvalue weighted by molar-refractivity contribution is 7.86. The first-order valence-electron chi connectivity index (χ1n) is 6.29. The van der Waals surface area contributed by atoms with Gasteiger partial charge < -0.3 is 5.11 Å². The van der Waals surface area contributed by atoms with Gasteiger partial charge in [0.25, 0.3) is 10.2 Å². The fourth-order valence-electron chi connectivity index (χ4n) is 2.05. The minimum Gasteiger partial charge on any atom is -0.393 e. The van der Waals surface area contributed by atoms with Gasteiger partial charge in [0, 0.05) is 26.7 Å². The molecule has 0 aromatic carbocycles. The van der Waals surface area contributed by atoms with Gasteiger partial charge in [-0.15, -0.1) is 0 Å². The topological polar surface area (TPSA) is 60.9 Å². The molecule has 2 atom stereocenters. The Morgan fingerprint density at radius 3 is 2.65 bits per heavy atom. The molecule has 1 aliphatic rings. The van der Waals surface area contributed by atoms with E-state index in [-0.39, 0.29) is 5.92 Å². The zero-order valence-corrected chi connectivity index (χ0v) is 11.8. The molecular formula is C11H24N2O3S. The third-order valence-electron chi connectivity index (χ3n) is 3.42. The summed E-state index contributed by atoms with van der Waals surface area (Å²) in [6, 6.07) is 0. The number of aliphatic hydroxyl groups excluding tert-OH is 1. The first-order valence-corrected chi connectivity index (χ1v) is 7.68. The Labute approximate surface area is 105 Å². The quantitative estimate of drug-likeness (QED) is 0.767. The summed E-state index contributed by atoms with van der Waals surface area (Å²) in [5.74, 6) is 0.0735. The van der Waals surface area contributed by atoms with Gasteiger partial charge in [-0.25, -0.2) is 0 Å². The van der Waals surface area contributed by atoms with Gasteiger partial charge in [-0.05, 0) is 25.7 Å². The van der Waals surface area contributed by atoms with Gasteiger partial charge in [-0.2, -0.15) is 17.0 Å². The first-order chi connectivity index (χ1) is 7.89. The van der Waals surface area contributed by atoms with Crippen LogP contribution in [-0.4, -0.2) is 54.9 Å². The number of rotatable bonds is 6. The smallest absolute Gasteiger partial charge is 0.281 e. The standard InChI is InChI=1S/C11H24N2O3S/c1-4-5-7-12(3)17(15,16)13-8-6-11(9-13)10(2)14/h10-11,14H,4-9H2,1-3H3. The highest BCUT2D eigenvalue weighted by Gasteiger charge is 2.35. The molecule has 0 aliphatic carbocycles. The lowest BCUT2D eigenvalue weighted by Gasteiger charge is -2.24. The zero-order chi connectivity index (χ0) is 13.1. The molecule has 0 radical (unpaired) electrons. The van der Waals surface area contributed by atoms with Crippen molar-refractivity contribution in [2.24, 2.45) is 5.92 Å². The van der Waals surface area contributed by atoms with E-state index in [9.17, 15) is 13.5 Å². The van der Waals surface area contributed by atoms with Gasteiger partial charge in [0.05, 0.1) is 6.10 Å². The molecule has 17 heavy (non-hydrogen) atoms. The summed E-state index contributed by atoms with van der Waals surface area (Å²) in [4.78, 5) is 0. The van der Waals surface area contributed by atoms with Crippen molar-refractivity contribution >= 4 is 10.2 Å². The predicted octanol–water partition coefficient (Wildman–Crippen LogP) is 0.666. The average molecular weight is 264 g/mol. The van der Waals surface area contributed by atoms with Crippen molar-refractivity contribution in [3.05, 3.63) is 0 Å². The molecule has 1 N–H and O–H groups in total. The molecule has 6 heteroatoms. The number of unbranched alkanes of at least 4 members (excludes halogenated alkanes) is 1.